The Balaban J connectivity index is 0.00000111. The number of nitrogens with two attached hydrogens (primary N) is 1. The number of carbonyl (C=O) groups is 5. The Labute approximate surface area is 354 Å². The Morgan fingerprint density at radius 2 is 1.66 bits per heavy atom. The van der Waals surface area contributed by atoms with E-state index in [1.165, 1.54) is 12.1 Å². The second-order valence-electron chi connectivity index (χ2n) is 14.6. The topological polar surface area (TPSA) is 265 Å². The summed E-state index contributed by atoms with van der Waals surface area (Å²) in [5.41, 5.74) is 7.97. The second kappa shape index (κ2) is 23.3. The lowest BCUT2D eigenvalue weighted by Gasteiger charge is -2.38. The van der Waals surface area contributed by atoms with E-state index in [0.717, 1.165) is 61.9 Å². The number of unbranched alkanes of at least 4 members (excludes halogenated alkanes) is 1. The third kappa shape index (κ3) is 14.9. The monoisotopic (exact) mass is 873 g/mol. The first-order valence-electron chi connectivity index (χ1n) is 19.8. The number of hydrogen-bond donors (Lipinski definition) is 7. The maximum absolute atomic E-state index is 12.7. The van der Waals surface area contributed by atoms with E-state index in [0.29, 0.717) is 19.0 Å². The molecule has 8 N–H and O–H groups in total. The minimum atomic E-state index is -5.19. The van der Waals surface area contributed by atoms with Crippen molar-refractivity contribution >= 4 is 41.4 Å². The number of ether oxygens (including phenoxy) is 2. The summed E-state index contributed by atoms with van der Waals surface area (Å²) >= 11 is 0. The summed E-state index contributed by atoms with van der Waals surface area (Å²) in [5, 5.41) is 54.5. The zero-order valence-electron chi connectivity index (χ0n) is 33.5. The summed E-state index contributed by atoms with van der Waals surface area (Å²) in [6.07, 6.45) is -2.41. The SMILES string of the molecule is NCCC(=O)Nc1cc(C[n+]2cccc(/C=C/C(=O)NCCCCC3CCN(C(=O)c4ccccc4)CC3)c2)ccc1O[C@@H]1O[C@H](C(=O)O)[C@@H](O)[C@H](O)[C@H]1O.O=C([O-])C(F)(F)F. The average Bonchev–Trinajstić information content (AvgIpc) is 3.24. The van der Waals surface area contributed by atoms with Crippen LogP contribution in [0.15, 0.2) is 79.1 Å². The maximum Gasteiger partial charge on any atom is 0.430 e. The Kier molecular flexibility index (Phi) is 18.3. The number of rotatable bonds is 16. The average molecular weight is 874 g/mol. The van der Waals surface area contributed by atoms with Gasteiger partial charge in [0.2, 0.25) is 18.1 Å². The molecule has 3 amide bonds. The summed E-state index contributed by atoms with van der Waals surface area (Å²) in [7, 11) is 0. The fourth-order valence-corrected chi connectivity index (χ4v) is 6.63. The highest BCUT2D eigenvalue weighted by atomic mass is 19.4. The van der Waals surface area contributed by atoms with Crippen LogP contribution in [0.4, 0.5) is 18.9 Å². The number of nitrogens with one attached hydrogen (secondary N) is 2. The first kappa shape index (κ1) is 48.7. The zero-order valence-corrected chi connectivity index (χ0v) is 33.5. The number of piperidine rings is 1. The summed E-state index contributed by atoms with van der Waals surface area (Å²) in [5.74, 6) is -4.47. The van der Waals surface area contributed by atoms with E-state index in [-0.39, 0.29) is 36.2 Å². The number of pyridine rings is 1. The van der Waals surface area contributed by atoms with Crippen molar-refractivity contribution in [2.45, 2.75) is 82.0 Å². The van der Waals surface area contributed by atoms with Crippen LogP contribution in [0.1, 0.15) is 60.0 Å². The highest BCUT2D eigenvalue weighted by Gasteiger charge is 2.48. The van der Waals surface area contributed by atoms with Crippen molar-refractivity contribution < 1.29 is 76.7 Å². The van der Waals surface area contributed by atoms with Crippen molar-refractivity contribution in [1.29, 1.82) is 0 Å². The van der Waals surface area contributed by atoms with Crippen LogP contribution in [0.5, 0.6) is 5.75 Å². The second-order valence-corrected chi connectivity index (χ2v) is 14.6. The number of benzene rings is 2. The van der Waals surface area contributed by atoms with Crippen LogP contribution >= 0.6 is 0 Å². The molecule has 2 saturated heterocycles. The van der Waals surface area contributed by atoms with Crippen molar-refractivity contribution in [3.05, 3.63) is 95.8 Å². The molecule has 2 aliphatic heterocycles. The molecule has 0 unspecified atom stereocenters. The number of anilines is 1. The number of halogens is 3. The number of aliphatic hydroxyl groups is 3. The molecule has 5 atom stereocenters. The van der Waals surface area contributed by atoms with Gasteiger partial charge < -0.3 is 61.1 Å². The molecule has 20 heteroatoms. The van der Waals surface area contributed by atoms with Gasteiger partial charge in [-0.2, -0.15) is 13.2 Å². The minimum absolute atomic E-state index is 0.00825. The lowest BCUT2D eigenvalue weighted by atomic mass is 9.91. The molecule has 0 radical (unpaired) electrons. The highest BCUT2D eigenvalue weighted by Crippen LogP contribution is 2.31. The molecule has 0 bridgehead atoms. The number of hydrogen-bond acceptors (Lipinski definition) is 12. The summed E-state index contributed by atoms with van der Waals surface area (Å²) in [6.45, 7) is 2.56. The van der Waals surface area contributed by atoms with E-state index in [1.54, 1.807) is 18.2 Å². The molecular formula is C42H50F3N5O12. The van der Waals surface area contributed by atoms with Gasteiger partial charge in [0.1, 0.15) is 30.0 Å². The van der Waals surface area contributed by atoms with Gasteiger partial charge in [-0.1, -0.05) is 31.0 Å². The minimum Gasteiger partial charge on any atom is -0.542 e. The van der Waals surface area contributed by atoms with Gasteiger partial charge in [0, 0.05) is 61.4 Å². The third-order valence-corrected chi connectivity index (χ3v) is 9.91. The van der Waals surface area contributed by atoms with Gasteiger partial charge in [-0.25, -0.2) is 9.36 Å². The van der Waals surface area contributed by atoms with Crippen LogP contribution in [0, 0.1) is 5.92 Å². The van der Waals surface area contributed by atoms with Gasteiger partial charge in [-0.05, 0) is 67.7 Å². The lowest BCUT2D eigenvalue weighted by Crippen LogP contribution is -2.61. The van der Waals surface area contributed by atoms with E-state index >= 15 is 0 Å². The van der Waals surface area contributed by atoms with Crippen LogP contribution in [0.25, 0.3) is 6.08 Å². The molecule has 0 aliphatic carbocycles. The Bertz CT molecular complexity index is 2010. The van der Waals surface area contributed by atoms with Crippen molar-refractivity contribution in [3.63, 3.8) is 0 Å². The number of alkyl halides is 3. The fourth-order valence-electron chi connectivity index (χ4n) is 6.63. The van der Waals surface area contributed by atoms with Crippen molar-refractivity contribution in [2.24, 2.45) is 11.7 Å². The number of aliphatic carboxylic acids is 2. The number of amides is 3. The molecule has 0 spiro atoms. The number of carbonyl (C=O) groups excluding carboxylic acids is 4. The smallest absolute Gasteiger partial charge is 0.430 e. The maximum atomic E-state index is 12.7. The summed E-state index contributed by atoms with van der Waals surface area (Å²) in [6, 6.07) is 17.9. The van der Waals surface area contributed by atoms with Gasteiger partial charge in [0.25, 0.3) is 5.91 Å². The number of nitrogens with zero attached hydrogens (tertiary/aromatic N) is 2. The quantitative estimate of drug-likeness (QED) is 0.0596. The van der Waals surface area contributed by atoms with Crippen LogP contribution in [-0.2, 0) is 30.5 Å². The van der Waals surface area contributed by atoms with Crippen molar-refractivity contribution in [3.8, 4) is 5.75 Å². The van der Waals surface area contributed by atoms with E-state index in [4.69, 9.17) is 25.1 Å². The molecule has 2 fully saturated rings. The van der Waals surface area contributed by atoms with Crippen molar-refractivity contribution in [1.82, 2.24) is 10.2 Å². The molecular weight excluding hydrogens is 823 g/mol. The molecule has 62 heavy (non-hydrogen) atoms. The molecule has 2 aromatic carbocycles. The largest absolute Gasteiger partial charge is 0.542 e. The first-order chi connectivity index (χ1) is 29.5. The zero-order chi connectivity index (χ0) is 45.4. The standard InChI is InChI=1S/C40H49N5O10.C2HF3O2/c41-18-15-33(47)43-30-23-28(11-13-31(30)54-40-36(50)34(48)35(49)37(55-40)39(52)53)25-44-20-6-8-27(24-44)12-14-32(46)42-19-5-4-7-26-16-21-45(22-17-26)38(51)29-9-2-1-3-10-29;3-2(4,5)1(6)7/h1-3,6,8-14,20,23-24,26,34-37,40,48-50H,4-5,7,15-19,21-22,25,41H2,(H2-,42,43,46,47,52,53);(H,6,7)/b14-12+;/t34-,35-,36+,37-,40+;/m0./s1. The highest BCUT2D eigenvalue weighted by molar-refractivity contribution is 5.94. The molecule has 2 aliphatic rings. The van der Waals surface area contributed by atoms with Gasteiger partial charge in [-0.15, -0.1) is 0 Å². The van der Waals surface area contributed by atoms with E-state index in [1.807, 2.05) is 64.3 Å². The lowest BCUT2D eigenvalue weighted by molar-refractivity contribution is -0.688. The van der Waals surface area contributed by atoms with Gasteiger partial charge in [0.05, 0.1) is 5.69 Å². The fraction of sp³-hybridized carbons (Fsp3) is 0.429. The summed E-state index contributed by atoms with van der Waals surface area (Å²) in [4.78, 5) is 60.0. The van der Waals surface area contributed by atoms with E-state index in [9.17, 15) is 52.8 Å². The predicted molar refractivity (Wildman–Crippen MR) is 211 cm³/mol. The van der Waals surface area contributed by atoms with E-state index in [2.05, 4.69) is 10.6 Å². The third-order valence-electron chi connectivity index (χ3n) is 9.91. The number of aliphatic hydroxyl groups excluding tert-OH is 3. The van der Waals surface area contributed by atoms with Crippen molar-refractivity contribution in [2.75, 3.05) is 31.5 Å². The van der Waals surface area contributed by atoms with Gasteiger partial charge in [0.15, 0.2) is 25.0 Å². The van der Waals surface area contributed by atoms with Crippen LogP contribution in [-0.4, -0.2) is 118 Å². The Hall–Kier alpha value is -5.93. The predicted octanol–water partition coefficient (Wildman–Crippen LogP) is 0.731. The first-order valence-corrected chi connectivity index (χ1v) is 19.8. The number of likely N-dealkylation sites (tertiary alicyclic amines) is 1. The Morgan fingerprint density at radius 1 is 0.968 bits per heavy atom. The molecule has 5 rings (SSSR count). The van der Waals surface area contributed by atoms with Gasteiger partial charge >= 0.3 is 12.1 Å². The van der Waals surface area contributed by atoms with E-state index < -0.39 is 54.7 Å². The molecule has 3 heterocycles. The molecule has 3 aromatic rings. The van der Waals surface area contributed by atoms with Crippen LogP contribution in [0.3, 0.4) is 0 Å². The van der Waals surface area contributed by atoms with Crippen LogP contribution < -0.4 is 30.8 Å². The molecule has 17 nitrogen and oxygen atoms in total. The molecule has 0 saturated carbocycles. The summed E-state index contributed by atoms with van der Waals surface area (Å²) < 4.78 is 44.4. The molecule has 1 aromatic heterocycles. The number of carboxylic acid groups (broad SMARTS) is 2. The number of carboxylic acids is 2. The normalized spacial score (nSPS) is 20.4. The molecule has 336 valence electrons. The van der Waals surface area contributed by atoms with Gasteiger partial charge in [-0.3, -0.25) is 14.4 Å². The Morgan fingerprint density at radius 3 is 2.31 bits per heavy atom. The number of aromatic nitrogens is 1. The van der Waals surface area contributed by atoms with Crippen LogP contribution in [0.2, 0.25) is 0 Å².